The number of hydrogen-bond donors (Lipinski definition) is 0. The van der Waals surface area contributed by atoms with E-state index in [2.05, 4.69) is 60.5 Å². The molecule has 2 aromatic heterocycles. The van der Waals surface area contributed by atoms with Crippen LogP contribution in [-0.4, -0.2) is 35.8 Å². The number of nitrogens with zero attached hydrogens (tertiary/aromatic N) is 6. The first-order valence-electron chi connectivity index (χ1n) is 10.0. The molecular weight excluding hydrogens is 376 g/mol. The van der Waals surface area contributed by atoms with Crippen LogP contribution in [0.15, 0.2) is 60.9 Å². The number of carbonyl (C=O) groups is 1. The summed E-state index contributed by atoms with van der Waals surface area (Å²) >= 11 is 0. The van der Waals surface area contributed by atoms with Gasteiger partial charge in [0.1, 0.15) is 0 Å². The molecule has 0 atom stereocenters. The molecule has 2 heterocycles. The Bertz CT molecular complexity index is 1100. The Morgan fingerprint density at radius 2 is 1.10 bits per heavy atom. The molecule has 0 bridgehead atoms. The zero-order valence-electron chi connectivity index (χ0n) is 17.5. The standard InChI is InChI=1S/C23H24N6O/c1-15(2)17-9-5-7-11-21(17)28-13-19(24-26-28)23(30)20-14-29(27-25-20)22-12-8-6-10-18(22)16(3)4/h5-16H,1-4H3. The van der Waals surface area contributed by atoms with Gasteiger partial charge in [-0.05, 0) is 35.1 Å². The fourth-order valence-corrected chi connectivity index (χ4v) is 3.47. The first-order chi connectivity index (χ1) is 14.5. The van der Waals surface area contributed by atoms with Crippen LogP contribution in [0.1, 0.15) is 66.8 Å². The van der Waals surface area contributed by atoms with Gasteiger partial charge in [-0.25, -0.2) is 9.36 Å². The molecule has 0 saturated carbocycles. The second kappa shape index (κ2) is 8.02. The van der Waals surface area contributed by atoms with Crippen molar-refractivity contribution in [2.75, 3.05) is 0 Å². The highest BCUT2D eigenvalue weighted by atomic mass is 16.1. The Balaban J connectivity index is 1.64. The summed E-state index contributed by atoms with van der Waals surface area (Å²) in [4.78, 5) is 12.9. The summed E-state index contributed by atoms with van der Waals surface area (Å²) in [7, 11) is 0. The predicted molar refractivity (Wildman–Crippen MR) is 114 cm³/mol. The Morgan fingerprint density at radius 1 is 0.700 bits per heavy atom. The Kier molecular flexibility index (Phi) is 5.27. The van der Waals surface area contributed by atoms with Gasteiger partial charge in [-0.2, -0.15) is 0 Å². The smallest absolute Gasteiger partial charge is 0.236 e. The van der Waals surface area contributed by atoms with Crippen molar-refractivity contribution in [3.8, 4) is 11.4 Å². The number of para-hydroxylation sites is 2. The van der Waals surface area contributed by atoms with Crippen LogP contribution in [0.3, 0.4) is 0 Å². The minimum Gasteiger partial charge on any atom is -0.285 e. The maximum absolute atomic E-state index is 12.9. The molecule has 0 aliphatic carbocycles. The average molecular weight is 400 g/mol. The molecule has 4 aromatic rings. The fourth-order valence-electron chi connectivity index (χ4n) is 3.47. The highest BCUT2D eigenvalue weighted by Gasteiger charge is 2.20. The van der Waals surface area contributed by atoms with E-state index in [-0.39, 0.29) is 17.2 Å². The van der Waals surface area contributed by atoms with Gasteiger partial charge in [0.2, 0.25) is 5.78 Å². The maximum Gasteiger partial charge on any atom is 0.236 e. The van der Waals surface area contributed by atoms with Crippen LogP contribution in [0, 0.1) is 0 Å². The van der Waals surface area contributed by atoms with Gasteiger partial charge >= 0.3 is 0 Å². The zero-order chi connectivity index (χ0) is 21.3. The molecule has 7 heteroatoms. The van der Waals surface area contributed by atoms with Crippen molar-refractivity contribution in [2.24, 2.45) is 0 Å². The van der Waals surface area contributed by atoms with Gasteiger partial charge in [-0.1, -0.05) is 74.5 Å². The second-order valence-electron chi connectivity index (χ2n) is 7.85. The molecule has 2 aromatic carbocycles. The zero-order valence-corrected chi connectivity index (χ0v) is 17.5. The van der Waals surface area contributed by atoms with Crippen molar-refractivity contribution in [1.29, 1.82) is 0 Å². The molecule has 0 saturated heterocycles. The molecule has 0 spiro atoms. The molecule has 4 rings (SSSR count). The van der Waals surface area contributed by atoms with Crippen molar-refractivity contribution in [2.45, 2.75) is 39.5 Å². The third-order valence-corrected chi connectivity index (χ3v) is 5.06. The van der Waals surface area contributed by atoms with E-state index >= 15 is 0 Å². The Hall–Kier alpha value is -3.61. The van der Waals surface area contributed by atoms with Gasteiger partial charge in [0.25, 0.3) is 0 Å². The predicted octanol–water partition coefficient (Wildman–Crippen LogP) is 4.33. The number of ketones is 1. The van der Waals surface area contributed by atoms with Crippen LogP contribution in [0.5, 0.6) is 0 Å². The SMILES string of the molecule is CC(C)c1ccccc1-n1cc(C(=O)c2cn(-c3ccccc3C(C)C)nn2)nn1. The quantitative estimate of drug-likeness (QED) is 0.450. The summed E-state index contributed by atoms with van der Waals surface area (Å²) in [6.07, 6.45) is 3.29. The summed E-state index contributed by atoms with van der Waals surface area (Å²) in [5.41, 5.74) is 4.56. The second-order valence-corrected chi connectivity index (χ2v) is 7.85. The van der Waals surface area contributed by atoms with Crippen LogP contribution in [0.4, 0.5) is 0 Å². The van der Waals surface area contributed by atoms with Gasteiger partial charge in [0, 0.05) is 0 Å². The first-order valence-corrected chi connectivity index (χ1v) is 10.0. The lowest BCUT2D eigenvalue weighted by Crippen LogP contribution is -2.03. The van der Waals surface area contributed by atoms with E-state index in [0.717, 1.165) is 22.5 Å². The molecular formula is C23H24N6O. The minimum absolute atomic E-state index is 0.234. The summed E-state index contributed by atoms with van der Waals surface area (Å²) in [6.45, 7) is 8.48. The third-order valence-electron chi connectivity index (χ3n) is 5.06. The van der Waals surface area contributed by atoms with Crippen molar-refractivity contribution in [1.82, 2.24) is 30.0 Å². The van der Waals surface area contributed by atoms with Crippen LogP contribution in [-0.2, 0) is 0 Å². The maximum atomic E-state index is 12.9. The largest absolute Gasteiger partial charge is 0.285 e. The molecule has 0 unspecified atom stereocenters. The molecule has 152 valence electrons. The first kappa shape index (κ1) is 19.7. The lowest BCUT2D eigenvalue weighted by Gasteiger charge is -2.11. The Labute approximate surface area is 175 Å². The minimum atomic E-state index is -0.309. The number of benzene rings is 2. The number of hydrogen-bond acceptors (Lipinski definition) is 5. The molecule has 0 aliphatic rings. The highest BCUT2D eigenvalue weighted by molar-refractivity contribution is 6.05. The van der Waals surface area contributed by atoms with E-state index in [1.807, 2.05) is 36.4 Å². The number of aromatic nitrogens is 6. The van der Waals surface area contributed by atoms with E-state index in [0.29, 0.717) is 11.8 Å². The van der Waals surface area contributed by atoms with Gasteiger partial charge in [0.15, 0.2) is 11.4 Å². The molecule has 0 fully saturated rings. The van der Waals surface area contributed by atoms with E-state index < -0.39 is 0 Å². The van der Waals surface area contributed by atoms with Crippen LogP contribution in [0.25, 0.3) is 11.4 Å². The van der Waals surface area contributed by atoms with Crippen molar-refractivity contribution in [3.05, 3.63) is 83.4 Å². The normalized spacial score (nSPS) is 11.4. The summed E-state index contributed by atoms with van der Waals surface area (Å²) in [5, 5.41) is 16.5. The fraction of sp³-hybridized carbons (Fsp3) is 0.261. The van der Waals surface area contributed by atoms with Crippen LogP contribution < -0.4 is 0 Å². The lowest BCUT2D eigenvalue weighted by molar-refractivity contribution is 0.102. The highest BCUT2D eigenvalue weighted by Crippen LogP contribution is 2.24. The van der Waals surface area contributed by atoms with Crippen molar-refractivity contribution >= 4 is 5.78 Å². The molecule has 30 heavy (non-hydrogen) atoms. The topological polar surface area (TPSA) is 78.5 Å². The summed E-state index contributed by atoms with van der Waals surface area (Å²) < 4.78 is 3.28. The van der Waals surface area contributed by atoms with E-state index in [1.54, 1.807) is 21.8 Å². The molecule has 7 nitrogen and oxygen atoms in total. The van der Waals surface area contributed by atoms with Crippen molar-refractivity contribution < 1.29 is 4.79 Å². The lowest BCUT2D eigenvalue weighted by atomic mass is 10.0. The molecule has 0 amide bonds. The van der Waals surface area contributed by atoms with E-state index in [9.17, 15) is 4.79 Å². The summed E-state index contributed by atoms with van der Waals surface area (Å²) in [5.74, 6) is 0.340. The number of rotatable bonds is 6. The number of carbonyl (C=O) groups excluding carboxylic acids is 1. The molecule has 0 aliphatic heterocycles. The average Bonchev–Trinajstić information content (AvgIpc) is 3.43. The van der Waals surface area contributed by atoms with Gasteiger partial charge in [0.05, 0.1) is 23.8 Å². The van der Waals surface area contributed by atoms with Gasteiger partial charge in [-0.15, -0.1) is 10.2 Å². The molecule has 0 radical (unpaired) electrons. The summed E-state index contributed by atoms with van der Waals surface area (Å²) in [6, 6.07) is 15.9. The Morgan fingerprint density at radius 3 is 1.50 bits per heavy atom. The van der Waals surface area contributed by atoms with Crippen LogP contribution in [0.2, 0.25) is 0 Å². The van der Waals surface area contributed by atoms with Crippen molar-refractivity contribution in [3.63, 3.8) is 0 Å². The van der Waals surface area contributed by atoms with E-state index in [4.69, 9.17) is 0 Å². The third kappa shape index (κ3) is 3.66. The van der Waals surface area contributed by atoms with Gasteiger partial charge in [-0.3, -0.25) is 4.79 Å². The van der Waals surface area contributed by atoms with E-state index in [1.165, 1.54) is 0 Å². The van der Waals surface area contributed by atoms with Crippen LogP contribution >= 0.6 is 0 Å². The molecule has 0 N–H and O–H groups in total. The van der Waals surface area contributed by atoms with Gasteiger partial charge < -0.3 is 0 Å². The monoisotopic (exact) mass is 400 g/mol.